The van der Waals surface area contributed by atoms with Crippen molar-refractivity contribution in [2.75, 3.05) is 44.2 Å². The number of rotatable bonds is 6. The summed E-state index contributed by atoms with van der Waals surface area (Å²) in [5.74, 6) is 0.872. The van der Waals surface area contributed by atoms with Crippen LogP contribution in [0.1, 0.15) is 6.42 Å². The molecule has 3 nitrogen and oxygen atoms in total. The van der Waals surface area contributed by atoms with Crippen LogP contribution in [0.2, 0.25) is 0 Å². The lowest BCUT2D eigenvalue weighted by molar-refractivity contribution is 0.224. The van der Waals surface area contributed by atoms with Gasteiger partial charge < -0.3 is 9.64 Å². The van der Waals surface area contributed by atoms with Crippen LogP contribution in [0.4, 0.5) is 5.69 Å². The zero-order valence-corrected chi connectivity index (χ0v) is 20.9. The maximum atomic E-state index is 5.99. The van der Waals surface area contributed by atoms with E-state index < -0.39 is 0 Å². The van der Waals surface area contributed by atoms with E-state index in [0.717, 1.165) is 58.3 Å². The molecule has 1 aromatic heterocycles. The van der Waals surface area contributed by atoms with Gasteiger partial charge in [-0.25, -0.2) is 0 Å². The summed E-state index contributed by atoms with van der Waals surface area (Å²) in [6, 6.07) is 12.9. The first kappa shape index (κ1) is 20.7. The summed E-state index contributed by atoms with van der Waals surface area (Å²) in [6.45, 7) is 6.17. The van der Waals surface area contributed by atoms with Gasteiger partial charge in [-0.15, -0.1) is 11.3 Å². The average molecular weight is 589 g/mol. The molecular weight excluding hydrogens is 568 g/mol. The molecule has 0 unspecified atom stereocenters. The molecular formula is C21H21Br3N2OS. The fraction of sp³-hybridized carbons (Fsp3) is 0.333. The van der Waals surface area contributed by atoms with Crippen LogP contribution >= 0.6 is 59.1 Å². The van der Waals surface area contributed by atoms with Gasteiger partial charge in [0.05, 0.1) is 25.9 Å². The van der Waals surface area contributed by atoms with Crippen LogP contribution in [-0.2, 0) is 0 Å². The van der Waals surface area contributed by atoms with Crippen molar-refractivity contribution in [3.8, 4) is 5.75 Å². The molecule has 0 N–H and O–H groups in total. The summed E-state index contributed by atoms with van der Waals surface area (Å²) in [6.07, 6.45) is 1.02. The molecule has 1 fully saturated rings. The zero-order chi connectivity index (χ0) is 19.5. The van der Waals surface area contributed by atoms with E-state index in [4.69, 9.17) is 4.74 Å². The molecule has 28 heavy (non-hydrogen) atoms. The minimum atomic E-state index is 0.716. The van der Waals surface area contributed by atoms with E-state index in [1.165, 1.54) is 15.8 Å². The van der Waals surface area contributed by atoms with Crippen molar-refractivity contribution >= 4 is 74.9 Å². The molecule has 0 aliphatic carbocycles. The third kappa shape index (κ3) is 4.75. The topological polar surface area (TPSA) is 15.7 Å². The van der Waals surface area contributed by atoms with Gasteiger partial charge in [-0.05, 0) is 73.3 Å². The molecule has 0 saturated carbocycles. The Balaban J connectivity index is 1.25. The van der Waals surface area contributed by atoms with Gasteiger partial charge in [0.15, 0.2) is 0 Å². The SMILES string of the molecule is Brc1cc(Br)c(OCCCN2CCN(c3cccc4ccsc34)CC2)c(Br)c1. The molecule has 7 heteroatoms. The van der Waals surface area contributed by atoms with Crippen LogP contribution in [-0.4, -0.2) is 44.2 Å². The van der Waals surface area contributed by atoms with Crippen LogP contribution in [0.5, 0.6) is 5.75 Å². The Morgan fingerprint density at radius 3 is 2.46 bits per heavy atom. The normalized spacial score (nSPS) is 15.3. The second-order valence-electron chi connectivity index (χ2n) is 6.85. The summed E-state index contributed by atoms with van der Waals surface area (Å²) in [5, 5.41) is 3.54. The lowest BCUT2D eigenvalue weighted by Crippen LogP contribution is -2.46. The van der Waals surface area contributed by atoms with Crippen molar-refractivity contribution in [1.29, 1.82) is 0 Å². The highest BCUT2D eigenvalue weighted by Crippen LogP contribution is 2.36. The highest BCUT2D eigenvalue weighted by Gasteiger charge is 2.19. The smallest absolute Gasteiger partial charge is 0.147 e. The highest BCUT2D eigenvalue weighted by atomic mass is 79.9. The van der Waals surface area contributed by atoms with Gasteiger partial charge in [-0.2, -0.15) is 0 Å². The lowest BCUT2D eigenvalue weighted by atomic mass is 10.2. The Morgan fingerprint density at radius 1 is 0.964 bits per heavy atom. The van der Waals surface area contributed by atoms with Gasteiger partial charge in [0, 0.05) is 37.2 Å². The summed E-state index contributed by atoms with van der Waals surface area (Å²) in [7, 11) is 0. The second-order valence-corrected chi connectivity index (χ2v) is 10.4. The second kappa shape index (κ2) is 9.47. The van der Waals surface area contributed by atoms with E-state index in [2.05, 4.69) is 87.2 Å². The monoisotopic (exact) mass is 586 g/mol. The fourth-order valence-corrected chi connectivity index (χ4v) is 7.00. The minimum Gasteiger partial charge on any atom is -0.491 e. The van der Waals surface area contributed by atoms with Crippen molar-refractivity contribution in [3.05, 3.63) is 55.2 Å². The third-order valence-electron chi connectivity index (χ3n) is 5.00. The van der Waals surface area contributed by atoms with E-state index >= 15 is 0 Å². The third-order valence-corrected chi connectivity index (χ3v) is 7.59. The highest BCUT2D eigenvalue weighted by molar-refractivity contribution is 9.11. The van der Waals surface area contributed by atoms with Crippen LogP contribution in [0, 0.1) is 0 Å². The van der Waals surface area contributed by atoms with Gasteiger partial charge in [0.1, 0.15) is 5.75 Å². The van der Waals surface area contributed by atoms with Gasteiger partial charge in [0.25, 0.3) is 0 Å². The maximum Gasteiger partial charge on any atom is 0.147 e. The largest absolute Gasteiger partial charge is 0.491 e. The number of benzene rings is 2. The molecule has 148 valence electrons. The van der Waals surface area contributed by atoms with E-state index in [0.29, 0.717) is 6.61 Å². The lowest BCUT2D eigenvalue weighted by Gasteiger charge is -2.36. The first-order valence-corrected chi connectivity index (χ1v) is 12.6. The molecule has 0 radical (unpaired) electrons. The zero-order valence-electron chi connectivity index (χ0n) is 15.3. The van der Waals surface area contributed by atoms with Gasteiger partial charge in [-0.1, -0.05) is 28.1 Å². The number of piperazine rings is 1. The molecule has 1 aliphatic heterocycles. The van der Waals surface area contributed by atoms with Gasteiger partial charge >= 0.3 is 0 Å². The van der Waals surface area contributed by atoms with E-state index in [-0.39, 0.29) is 0 Å². The van der Waals surface area contributed by atoms with Crippen LogP contribution < -0.4 is 9.64 Å². The van der Waals surface area contributed by atoms with Crippen molar-refractivity contribution in [3.63, 3.8) is 0 Å². The Bertz CT molecular complexity index is 931. The average Bonchev–Trinajstić information content (AvgIpc) is 3.16. The Hall–Kier alpha value is -0.600. The standard InChI is InChI=1S/C21H21Br3N2OS/c22-16-13-17(23)20(18(24)14-16)27-11-2-6-25-7-9-26(10-8-25)19-4-1-3-15-5-12-28-21(15)19/h1,3-5,12-14H,2,6-11H2. The predicted octanol–water partition coefficient (Wildman–Crippen LogP) is 6.78. The number of nitrogens with zero attached hydrogens (tertiary/aromatic N) is 2. The minimum absolute atomic E-state index is 0.716. The molecule has 0 spiro atoms. The Labute approximate surface area is 195 Å². The number of fused-ring (bicyclic) bond motifs is 1. The number of anilines is 1. The maximum absolute atomic E-state index is 5.99. The van der Waals surface area contributed by atoms with Crippen LogP contribution in [0.15, 0.2) is 55.2 Å². The van der Waals surface area contributed by atoms with Crippen molar-refractivity contribution < 1.29 is 4.74 Å². The Morgan fingerprint density at radius 2 is 1.71 bits per heavy atom. The number of halogens is 3. The molecule has 3 aromatic rings. The van der Waals surface area contributed by atoms with E-state index in [1.807, 2.05) is 23.5 Å². The number of thiophene rings is 1. The molecule has 0 amide bonds. The fourth-order valence-electron chi connectivity index (χ4n) is 3.57. The van der Waals surface area contributed by atoms with Crippen molar-refractivity contribution in [1.82, 2.24) is 4.90 Å². The molecule has 4 rings (SSSR count). The van der Waals surface area contributed by atoms with Gasteiger partial charge in [0.2, 0.25) is 0 Å². The summed E-state index contributed by atoms with van der Waals surface area (Å²) in [5.41, 5.74) is 1.39. The number of ether oxygens (including phenoxy) is 1. The first-order valence-electron chi connectivity index (χ1n) is 9.33. The van der Waals surface area contributed by atoms with Crippen LogP contribution in [0.3, 0.4) is 0 Å². The van der Waals surface area contributed by atoms with Crippen molar-refractivity contribution in [2.24, 2.45) is 0 Å². The first-order chi connectivity index (χ1) is 13.6. The molecule has 2 heterocycles. The molecule has 1 aliphatic rings. The quantitative estimate of drug-likeness (QED) is 0.295. The Kier molecular flexibility index (Phi) is 6.99. The molecule has 0 bridgehead atoms. The molecule has 1 saturated heterocycles. The molecule has 0 atom stereocenters. The van der Waals surface area contributed by atoms with Crippen LogP contribution in [0.25, 0.3) is 10.1 Å². The summed E-state index contributed by atoms with van der Waals surface area (Å²) >= 11 is 12.5. The predicted molar refractivity (Wildman–Crippen MR) is 130 cm³/mol. The van der Waals surface area contributed by atoms with E-state index in [9.17, 15) is 0 Å². The number of hydrogen-bond donors (Lipinski definition) is 0. The summed E-state index contributed by atoms with van der Waals surface area (Å²) < 4.78 is 10.4. The van der Waals surface area contributed by atoms with E-state index in [1.54, 1.807) is 0 Å². The van der Waals surface area contributed by atoms with Gasteiger partial charge in [-0.3, -0.25) is 4.90 Å². The number of hydrogen-bond acceptors (Lipinski definition) is 4. The molecule has 2 aromatic carbocycles. The summed E-state index contributed by atoms with van der Waals surface area (Å²) in [4.78, 5) is 5.07. The van der Waals surface area contributed by atoms with Crippen molar-refractivity contribution in [2.45, 2.75) is 6.42 Å².